The zero-order valence-electron chi connectivity index (χ0n) is 11.5. The van der Waals surface area contributed by atoms with Gasteiger partial charge in [0.25, 0.3) is 0 Å². The molecule has 8 heteroatoms. The van der Waals surface area contributed by atoms with Gasteiger partial charge in [0.1, 0.15) is 16.2 Å². The molecule has 1 atom stereocenters. The van der Waals surface area contributed by atoms with E-state index in [1.807, 2.05) is 18.4 Å². The van der Waals surface area contributed by atoms with E-state index in [1.165, 1.54) is 0 Å². The highest BCUT2D eigenvalue weighted by molar-refractivity contribution is 7.99. The van der Waals surface area contributed by atoms with Crippen molar-refractivity contribution >= 4 is 33.3 Å². The lowest BCUT2D eigenvalue weighted by Gasteiger charge is -2.05. The first-order valence-electron chi connectivity index (χ1n) is 6.53. The quantitative estimate of drug-likeness (QED) is 0.410. The molecule has 0 N–H and O–H groups in total. The van der Waals surface area contributed by atoms with Gasteiger partial charge in [-0.15, -0.1) is 11.3 Å². The molecule has 4 heterocycles. The first-order valence-corrected chi connectivity index (χ1v) is 8.29. The summed E-state index contributed by atoms with van der Waals surface area (Å²) >= 11 is 3.17. The molecule has 4 aromatic rings. The zero-order valence-corrected chi connectivity index (χ0v) is 13.1. The number of rotatable bonds is 4. The number of thiophene rings is 1. The summed E-state index contributed by atoms with van der Waals surface area (Å²) < 4.78 is 10.6. The van der Waals surface area contributed by atoms with Crippen molar-refractivity contribution in [2.75, 3.05) is 0 Å². The van der Waals surface area contributed by atoms with Crippen molar-refractivity contribution in [1.82, 2.24) is 20.1 Å². The van der Waals surface area contributed by atoms with E-state index in [9.17, 15) is 0 Å². The molecule has 0 saturated heterocycles. The number of hydrogen-bond donors (Lipinski definition) is 0. The lowest BCUT2D eigenvalue weighted by Crippen LogP contribution is -1.91. The van der Waals surface area contributed by atoms with Gasteiger partial charge >= 0.3 is 0 Å². The largest absolute Gasteiger partial charge is 0.461 e. The smallest absolute Gasteiger partial charge is 0.240 e. The van der Waals surface area contributed by atoms with E-state index < -0.39 is 0 Å². The number of hydrogen-bond acceptors (Lipinski definition) is 8. The minimum absolute atomic E-state index is 0.0192. The summed E-state index contributed by atoms with van der Waals surface area (Å²) in [6, 6.07) is 5.61. The maximum atomic E-state index is 5.33. The number of nitrogens with zero attached hydrogens (tertiary/aromatic N) is 4. The third-order valence-electron chi connectivity index (χ3n) is 3.04. The molecule has 110 valence electrons. The van der Waals surface area contributed by atoms with Crippen LogP contribution in [0.5, 0.6) is 0 Å². The second kappa shape index (κ2) is 5.54. The molecule has 0 spiro atoms. The first kappa shape index (κ1) is 13.5. The van der Waals surface area contributed by atoms with Crippen molar-refractivity contribution in [2.24, 2.45) is 0 Å². The van der Waals surface area contributed by atoms with Gasteiger partial charge in [0.05, 0.1) is 11.5 Å². The Bertz CT molecular complexity index is 901. The highest BCUT2D eigenvalue weighted by atomic mass is 32.2. The van der Waals surface area contributed by atoms with E-state index in [0.717, 1.165) is 15.2 Å². The van der Waals surface area contributed by atoms with Crippen LogP contribution in [0.25, 0.3) is 21.8 Å². The predicted molar refractivity (Wildman–Crippen MR) is 83.7 cm³/mol. The number of thioether (sulfide) groups is 1. The summed E-state index contributed by atoms with van der Waals surface area (Å²) in [7, 11) is 0. The predicted octanol–water partition coefficient (Wildman–Crippen LogP) is 4.19. The summed E-state index contributed by atoms with van der Waals surface area (Å²) in [5.41, 5.74) is 0. The molecule has 0 bridgehead atoms. The lowest BCUT2D eigenvalue weighted by atomic mass is 10.4. The highest BCUT2D eigenvalue weighted by Crippen LogP contribution is 2.37. The molecular weight excluding hydrogens is 320 g/mol. The van der Waals surface area contributed by atoms with Crippen molar-refractivity contribution in [3.63, 3.8) is 0 Å². The van der Waals surface area contributed by atoms with Crippen molar-refractivity contribution in [3.8, 4) is 11.6 Å². The molecule has 0 amide bonds. The van der Waals surface area contributed by atoms with Crippen LogP contribution in [0.15, 0.2) is 50.1 Å². The van der Waals surface area contributed by atoms with Crippen molar-refractivity contribution in [3.05, 3.63) is 42.1 Å². The first-order chi connectivity index (χ1) is 10.8. The second-order valence-corrected chi connectivity index (χ2v) is 6.74. The molecular formula is C14H10N4O2S2. The number of aromatic nitrogens is 4. The van der Waals surface area contributed by atoms with Crippen LogP contribution in [0.2, 0.25) is 0 Å². The minimum atomic E-state index is -0.0192. The molecule has 0 aromatic carbocycles. The molecule has 0 aliphatic heterocycles. The fourth-order valence-electron chi connectivity index (χ4n) is 1.99. The Balaban J connectivity index is 1.60. The maximum absolute atomic E-state index is 5.33. The van der Waals surface area contributed by atoms with E-state index in [2.05, 4.69) is 20.1 Å². The molecule has 0 radical (unpaired) electrons. The van der Waals surface area contributed by atoms with Crippen LogP contribution in [0.1, 0.15) is 18.1 Å². The third-order valence-corrected chi connectivity index (χ3v) is 4.97. The van der Waals surface area contributed by atoms with Crippen molar-refractivity contribution in [1.29, 1.82) is 0 Å². The average molecular weight is 330 g/mol. The van der Waals surface area contributed by atoms with Gasteiger partial charge in [0.15, 0.2) is 5.76 Å². The zero-order chi connectivity index (χ0) is 14.9. The Morgan fingerprint density at radius 3 is 3.09 bits per heavy atom. The standard InChI is InChI=1S/C14H10N4O2S2/c1-8(12-17-11(18-20-12)10-3-2-5-19-10)22-14-9-4-6-21-13(9)15-7-16-14/h2-8H,1H3. The average Bonchev–Trinajstić information content (AvgIpc) is 3.27. The number of furan rings is 1. The summed E-state index contributed by atoms with van der Waals surface area (Å²) in [5.74, 6) is 1.59. The van der Waals surface area contributed by atoms with E-state index in [4.69, 9.17) is 8.94 Å². The van der Waals surface area contributed by atoms with Crippen LogP contribution >= 0.6 is 23.1 Å². The Morgan fingerprint density at radius 1 is 1.27 bits per heavy atom. The van der Waals surface area contributed by atoms with E-state index in [-0.39, 0.29) is 5.25 Å². The molecule has 4 rings (SSSR count). The highest BCUT2D eigenvalue weighted by Gasteiger charge is 2.19. The monoisotopic (exact) mass is 330 g/mol. The van der Waals surface area contributed by atoms with Gasteiger partial charge < -0.3 is 8.94 Å². The molecule has 1 unspecified atom stereocenters. The Kier molecular flexibility index (Phi) is 3.39. The van der Waals surface area contributed by atoms with Crippen LogP contribution in [-0.4, -0.2) is 20.1 Å². The molecule has 6 nitrogen and oxygen atoms in total. The van der Waals surface area contributed by atoms with Crippen molar-refractivity contribution < 1.29 is 8.94 Å². The molecule has 0 aliphatic carbocycles. The molecule has 22 heavy (non-hydrogen) atoms. The van der Waals surface area contributed by atoms with E-state index in [1.54, 1.807) is 47.8 Å². The van der Waals surface area contributed by atoms with Gasteiger partial charge in [-0.05, 0) is 30.5 Å². The fourth-order valence-corrected chi connectivity index (χ4v) is 3.71. The van der Waals surface area contributed by atoms with E-state index >= 15 is 0 Å². The third kappa shape index (κ3) is 2.40. The van der Waals surface area contributed by atoms with Crippen LogP contribution < -0.4 is 0 Å². The summed E-state index contributed by atoms with van der Waals surface area (Å²) in [6.45, 7) is 2.00. The van der Waals surface area contributed by atoms with Gasteiger partial charge in [-0.3, -0.25) is 0 Å². The number of fused-ring (bicyclic) bond motifs is 1. The van der Waals surface area contributed by atoms with Gasteiger partial charge in [0.2, 0.25) is 11.7 Å². The van der Waals surface area contributed by atoms with Gasteiger partial charge in [-0.25, -0.2) is 9.97 Å². The van der Waals surface area contributed by atoms with Crippen LogP contribution in [-0.2, 0) is 0 Å². The molecule has 0 fully saturated rings. The summed E-state index contributed by atoms with van der Waals surface area (Å²) in [5, 5.41) is 7.90. The van der Waals surface area contributed by atoms with Crippen LogP contribution in [0.4, 0.5) is 0 Å². The summed E-state index contributed by atoms with van der Waals surface area (Å²) in [4.78, 5) is 14.0. The summed E-state index contributed by atoms with van der Waals surface area (Å²) in [6.07, 6.45) is 3.16. The maximum Gasteiger partial charge on any atom is 0.240 e. The van der Waals surface area contributed by atoms with Crippen LogP contribution in [0, 0.1) is 0 Å². The second-order valence-electron chi connectivity index (χ2n) is 4.51. The SMILES string of the molecule is CC(Sc1ncnc2sccc12)c1nc(-c2ccco2)no1. The van der Waals surface area contributed by atoms with Gasteiger partial charge in [0, 0.05) is 5.39 Å². The fraction of sp³-hybridized carbons (Fsp3) is 0.143. The Morgan fingerprint density at radius 2 is 2.23 bits per heavy atom. The van der Waals surface area contributed by atoms with Gasteiger partial charge in [-0.1, -0.05) is 16.9 Å². The van der Waals surface area contributed by atoms with Crippen LogP contribution in [0.3, 0.4) is 0 Å². The minimum Gasteiger partial charge on any atom is -0.461 e. The lowest BCUT2D eigenvalue weighted by molar-refractivity contribution is 0.379. The Hall–Kier alpha value is -2.19. The topological polar surface area (TPSA) is 77.8 Å². The van der Waals surface area contributed by atoms with Gasteiger partial charge in [-0.2, -0.15) is 4.98 Å². The molecule has 0 saturated carbocycles. The Labute approximate surface area is 133 Å². The van der Waals surface area contributed by atoms with E-state index in [0.29, 0.717) is 17.5 Å². The normalized spacial score (nSPS) is 12.8. The van der Waals surface area contributed by atoms with Crippen molar-refractivity contribution in [2.45, 2.75) is 17.2 Å². The molecule has 0 aliphatic rings. The molecule has 4 aromatic heterocycles.